The van der Waals surface area contributed by atoms with Crippen LogP contribution in [0.4, 0.5) is 29.3 Å². The number of aryl methyl sites for hydroxylation is 2. The zero-order valence-electron chi connectivity index (χ0n) is 20.7. The van der Waals surface area contributed by atoms with E-state index in [-0.39, 0.29) is 30.5 Å². The normalized spacial score (nSPS) is 18.8. The van der Waals surface area contributed by atoms with Crippen LogP contribution in [-0.2, 0) is 35.8 Å². The van der Waals surface area contributed by atoms with E-state index in [0.29, 0.717) is 41.5 Å². The SMILES string of the molecule is CCOC(=O)c1c(CC(=O)C2CC(F)(F)C2)sc2c1C[C@@H](n1cnnc1Nc1cc(C(F)F)nn1C)CC2. The fourth-order valence-electron chi connectivity index (χ4n) is 5.04. The smallest absolute Gasteiger partial charge is 0.339 e. The van der Waals surface area contributed by atoms with Crippen molar-refractivity contribution in [1.82, 2.24) is 24.5 Å². The summed E-state index contributed by atoms with van der Waals surface area (Å²) in [4.78, 5) is 27.2. The summed E-state index contributed by atoms with van der Waals surface area (Å²) >= 11 is 1.36. The Balaban J connectivity index is 1.39. The number of hydrogen-bond donors (Lipinski definition) is 1. The van der Waals surface area contributed by atoms with Gasteiger partial charge in [0.2, 0.25) is 11.9 Å². The first kappa shape index (κ1) is 26.3. The predicted octanol–water partition coefficient (Wildman–Crippen LogP) is 4.82. The minimum Gasteiger partial charge on any atom is -0.462 e. The molecule has 0 unspecified atom stereocenters. The average molecular weight is 555 g/mol. The summed E-state index contributed by atoms with van der Waals surface area (Å²) in [7, 11) is 1.53. The molecule has 0 aliphatic heterocycles. The number of fused-ring (bicyclic) bond motifs is 1. The molecule has 0 aromatic carbocycles. The molecule has 204 valence electrons. The van der Waals surface area contributed by atoms with E-state index in [1.807, 2.05) is 0 Å². The maximum absolute atomic E-state index is 13.3. The van der Waals surface area contributed by atoms with Crippen molar-refractivity contribution < 1.29 is 31.9 Å². The molecule has 14 heteroatoms. The molecule has 0 spiro atoms. The topological polar surface area (TPSA) is 104 Å². The van der Waals surface area contributed by atoms with Gasteiger partial charge in [-0.25, -0.2) is 22.4 Å². The summed E-state index contributed by atoms with van der Waals surface area (Å²) < 4.78 is 61.1. The highest BCUT2D eigenvalue weighted by molar-refractivity contribution is 7.12. The molecular formula is C24H26F4N6O3S. The van der Waals surface area contributed by atoms with Crippen LogP contribution in [0, 0.1) is 5.92 Å². The molecule has 38 heavy (non-hydrogen) atoms. The summed E-state index contributed by atoms with van der Waals surface area (Å²) in [5.41, 5.74) is 0.742. The van der Waals surface area contributed by atoms with Gasteiger partial charge in [0.25, 0.3) is 6.43 Å². The molecule has 0 amide bonds. The molecule has 9 nitrogen and oxygen atoms in total. The molecule has 1 atom stereocenters. The lowest BCUT2D eigenvalue weighted by Crippen LogP contribution is -2.40. The van der Waals surface area contributed by atoms with Crippen LogP contribution in [-0.4, -0.2) is 48.8 Å². The second kappa shape index (κ2) is 10.1. The number of carbonyl (C=O) groups excluding carboxylic acids is 2. The fourth-order valence-corrected chi connectivity index (χ4v) is 6.39. The number of Topliss-reactive ketones (excluding diaryl/α,β-unsaturated/α-hetero) is 1. The number of hydrogen-bond acceptors (Lipinski definition) is 8. The first-order chi connectivity index (χ1) is 18.1. The summed E-state index contributed by atoms with van der Waals surface area (Å²) in [6.07, 6.45) is -0.448. The first-order valence-corrected chi connectivity index (χ1v) is 13.1. The monoisotopic (exact) mass is 554 g/mol. The Kier molecular flexibility index (Phi) is 7.01. The maximum atomic E-state index is 13.3. The number of nitrogens with zero attached hydrogens (tertiary/aromatic N) is 5. The Labute approximate surface area is 219 Å². The third kappa shape index (κ3) is 5.05. The quantitative estimate of drug-likeness (QED) is 0.299. The number of esters is 1. The number of rotatable bonds is 9. The highest BCUT2D eigenvalue weighted by atomic mass is 32.1. The molecule has 2 aliphatic carbocycles. The van der Waals surface area contributed by atoms with Gasteiger partial charge in [0.15, 0.2) is 0 Å². The van der Waals surface area contributed by atoms with Crippen molar-refractivity contribution >= 4 is 34.9 Å². The number of nitrogens with one attached hydrogen (secondary N) is 1. The van der Waals surface area contributed by atoms with Gasteiger partial charge in [0.05, 0.1) is 12.2 Å². The Hall–Kier alpha value is -3.29. The highest BCUT2D eigenvalue weighted by Gasteiger charge is 2.48. The lowest BCUT2D eigenvalue weighted by atomic mass is 9.77. The van der Waals surface area contributed by atoms with E-state index >= 15 is 0 Å². The van der Waals surface area contributed by atoms with E-state index in [1.165, 1.54) is 35.5 Å². The summed E-state index contributed by atoms with van der Waals surface area (Å²) in [5.74, 6) is -3.68. The summed E-state index contributed by atoms with van der Waals surface area (Å²) in [5, 5.41) is 14.9. The molecule has 2 aliphatic rings. The molecule has 0 saturated heterocycles. The largest absolute Gasteiger partial charge is 0.462 e. The van der Waals surface area contributed by atoms with Crippen molar-refractivity contribution in [3.05, 3.63) is 39.0 Å². The van der Waals surface area contributed by atoms with Gasteiger partial charge >= 0.3 is 5.97 Å². The molecular weight excluding hydrogens is 528 g/mol. The predicted molar refractivity (Wildman–Crippen MR) is 129 cm³/mol. The number of thiophene rings is 1. The van der Waals surface area contributed by atoms with Gasteiger partial charge in [-0.2, -0.15) is 5.10 Å². The highest BCUT2D eigenvalue weighted by Crippen LogP contribution is 2.45. The molecule has 3 aromatic rings. The van der Waals surface area contributed by atoms with Crippen molar-refractivity contribution in [2.45, 2.75) is 63.8 Å². The van der Waals surface area contributed by atoms with Gasteiger partial charge in [-0.3, -0.25) is 14.0 Å². The number of halogens is 4. The van der Waals surface area contributed by atoms with Crippen molar-refractivity contribution in [2.75, 3.05) is 11.9 Å². The fraction of sp³-hybridized carbons (Fsp3) is 0.542. The molecule has 1 fully saturated rings. The summed E-state index contributed by atoms with van der Waals surface area (Å²) in [6.45, 7) is 1.84. The van der Waals surface area contributed by atoms with Crippen LogP contribution in [0.1, 0.15) is 70.0 Å². The van der Waals surface area contributed by atoms with Crippen molar-refractivity contribution in [2.24, 2.45) is 13.0 Å². The van der Waals surface area contributed by atoms with Gasteiger partial charge in [-0.1, -0.05) is 0 Å². The van der Waals surface area contributed by atoms with Crippen LogP contribution in [0.5, 0.6) is 0 Å². The second-order valence-corrected chi connectivity index (χ2v) is 10.8. The molecule has 0 radical (unpaired) electrons. The standard InChI is InChI=1S/C24H26F4N6O3S/c1-3-37-22(36)20-14-6-13(4-5-17(14)38-18(20)8-16(35)12-9-24(27,28)10-12)34-11-29-31-23(34)30-19-7-15(21(25)26)32-33(19)2/h7,11-13,21H,3-6,8-10H2,1-2H3,(H,30,31)/t13-/m0/s1. The lowest BCUT2D eigenvalue weighted by Gasteiger charge is -2.33. The van der Waals surface area contributed by atoms with Crippen LogP contribution in [0.3, 0.4) is 0 Å². The van der Waals surface area contributed by atoms with Gasteiger partial charge in [-0.05, 0) is 31.7 Å². The Morgan fingerprint density at radius 3 is 2.74 bits per heavy atom. The molecule has 3 aromatic heterocycles. The molecule has 5 rings (SSSR count). The number of anilines is 2. The number of aromatic nitrogens is 5. The molecule has 1 saturated carbocycles. The van der Waals surface area contributed by atoms with Crippen LogP contribution in [0.2, 0.25) is 0 Å². The Morgan fingerprint density at radius 2 is 2.08 bits per heavy atom. The zero-order chi connectivity index (χ0) is 27.2. The van der Waals surface area contributed by atoms with E-state index in [1.54, 1.807) is 11.5 Å². The number of alkyl halides is 4. The second-order valence-electron chi connectivity index (χ2n) is 9.59. The van der Waals surface area contributed by atoms with Gasteiger partial charge in [-0.15, -0.1) is 21.5 Å². The van der Waals surface area contributed by atoms with Crippen molar-refractivity contribution in [3.8, 4) is 0 Å². The van der Waals surface area contributed by atoms with Crippen molar-refractivity contribution in [1.29, 1.82) is 0 Å². The molecule has 1 N–H and O–H groups in total. The van der Waals surface area contributed by atoms with Crippen LogP contribution < -0.4 is 5.32 Å². The third-order valence-corrected chi connectivity index (χ3v) is 8.29. The molecule has 0 bridgehead atoms. The minimum absolute atomic E-state index is 0.0797. The maximum Gasteiger partial charge on any atom is 0.339 e. The van der Waals surface area contributed by atoms with E-state index in [4.69, 9.17) is 4.74 Å². The minimum atomic E-state index is -2.80. The third-order valence-electron chi connectivity index (χ3n) is 7.00. The Bertz CT molecular complexity index is 1360. The van der Waals surface area contributed by atoms with Crippen molar-refractivity contribution in [3.63, 3.8) is 0 Å². The van der Waals surface area contributed by atoms with Crippen LogP contribution in [0.25, 0.3) is 0 Å². The first-order valence-electron chi connectivity index (χ1n) is 12.3. The number of carbonyl (C=O) groups is 2. The van der Waals surface area contributed by atoms with E-state index in [0.717, 1.165) is 10.4 Å². The number of ketones is 1. The lowest BCUT2D eigenvalue weighted by molar-refractivity contribution is -0.147. The molecule has 3 heterocycles. The van der Waals surface area contributed by atoms with Crippen LogP contribution in [0.15, 0.2) is 12.4 Å². The zero-order valence-corrected chi connectivity index (χ0v) is 21.5. The van der Waals surface area contributed by atoms with Gasteiger partial charge in [0, 0.05) is 54.1 Å². The van der Waals surface area contributed by atoms with Crippen LogP contribution >= 0.6 is 11.3 Å². The Morgan fingerprint density at radius 1 is 1.32 bits per heavy atom. The average Bonchev–Trinajstić information content (AvgIpc) is 3.54. The number of ether oxygens (including phenoxy) is 1. The summed E-state index contributed by atoms with van der Waals surface area (Å²) in [6, 6.07) is 1.07. The van der Waals surface area contributed by atoms with E-state index in [2.05, 4.69) is 20.6 Å². The van der Waals surface area contributed by atoms with E-state index in [9.17, 15) is 27.2 Å². The van der Waals surface area contributed by atoms with E-state index < -0.39 is 37.1 Å². The van der Waals surface area contributed by atoms with Gasteiger partial charge < -0.3 is 10.1 Å². The van der Waals surface area contributed by atoms with Gasteiger partial charge in [0.1, 0.15) is 23.6 Å².